The molecule has 1 aromatic carbocycles. The van der Waals surface area contributed by atoms with Crippen molar-refractivity contribution in [1.29, 1.82) is 0 Å². The van der Waals surface area contributed by atoms with E-state index in [1.165, 1.54) is 0 Å². The summed E-state index contributed by atoms with van der Waals surface area (Å²) in [7, 11) is 1.60. The third-order valence-corrected chi connectivity index (χ3v) is 4.05. The highest BCUT2D eigenvalue weighted by Crippen LogP contribution is 2.45. The minimum Gasteiger partial charge on any atom is -0.493 e. The first-order valence-electron chi connectivity index (χ1n) is 6.81. The second kappa shape index (κ2) is 4.52. The summed E-state index contributed by atoms with van der Waals surface area (Å²) in [6.45, 7) is 2.68. The molecule has 1 aliphatic rings. The molecule has 0 bridgehead atoms. The van der Waals surface area contributed by atoms with Crippen molar-refractivity contribution < 1.29 is 9.84 Å². The molecule has 0 saturated carbocycles. The Labute approximate surface area is 118 Å². The molecule has 1 aliphatic carbocycles. The lowest BCUT2D eigenvalue weighted by Crippen LogP contribution is -2.28. The quantitative estimate of drug-likeness (QED) is 0.834. The average Bonchev–Trinajstić information content (AvgIpc) is 3.01. The van der Waals surface area contributed by atoms with E-state index in [4.69, 9.17) is 10.5 Å². The van der Waals surface area contributed by atoms with Gasteiger partial charge in [0.25, 0.3) is 0 Å². The largest absolute Gasteiger partial charge is 0.493 e. The van der Waals surface area contributed by atoms with E-state index in [9.17, 15) is 5.11 Å². The summed E-state index contributed by atoms with van der Waals surface area (Å²) in [5.41, 5.74) is 8.22. The van der Waals surface area contributed by atoms with Crippen molar-refractivity contribution in [2.24, 2.45) is 0 Å². The molecule has 5 nitrogen and oxygen atoms in total. The van der Waals surface area contributed by atoms with Crippen LogP contribution in [0.1, 0.15) is 30.2 Å². The predicted molar refractivity (Wildman–Crippen MR) is 76.6 cm³/mol. The van der Waals surface area contributed by atoms with Gasteiger partial charge in [-0.15, -0.1) is 0 Å². The maximum absolute atomic E-state index is 11.2. The highest BCUT2D eigenvalue weighted by Gasteiger charge is 2.43. The molecule has 1 heterocycles. The van der Waals surface area contributed by atoms with E-state index in [-0.39, 0.29) is 0 Å². The standard InChI is InChI=1S/C15H19N3O2/c1-3-18-14(13(20-2)9-17-18)15(19)7-6-10-8-11(16)4-5-12(10)15/h4-5,8-9,19H,3,6-7,16H2,1-2H3. The van der Waals surface area contributed by atoms with Crippen LogP contribution in [0.5, 0.6) is 5.75 Å². The number of fused-ring (bicyclic) bond motifs is 1. The van der Waals surface area contributed by atoms with Gasteiger partial charge in [-0.25, -0.2) is 0 Å². The topological polar surface area (TPSA) is 73.3 Å². The van der Waals surface area contributed by atoms with Crippen LogP contribution in [0, 0.1) is 0 Å². The van der Waals surface area contributed by atoms with Crippen molar-refractivity contribution in [2.75, 3.05) is 12.8 Å². The van der Waals surface area contributed by atoms with Crippen LogP contribution in [0.15, 0.2) is 24.4 Å². The lowest BCUT2D eigenvalue weighted by Gasteiger charge is -2.26. The molecule has 2 aromatic rings. The Bertz CT molecular complexity index is 629. The Morgan fingerprint density at radius 1 is 1.50 bits per heavy atom. The fraction of sp³-hybridized carbons (Fsp3) is 0.400. The number of anilines is 1. The zero-order valence-electron chi connectivity index (χ0n) is 11.8. The number of hydrogen-bond acceptors (Lipinski definition) is 4. The maximum Gasteiger partial charge on any atom is 0.163 e. The second-order valence-electron chi connectivity index (χ2n) is 5.15. The number of methoxy groups -OCH3 is 1. The SMILES string of the molecule is CCn1ncc(OC)c1C1(O)CCc2cc(N)ccc21. The lowest BCUT2D eigenvalue weighted by atomic mass is 9.91. The number of hydrogen-bond donors (Lipinski definition) is 2. The van der Waals surface area contributed by atoms with E-state index < -0.39 is 5.60 Å². The van der Waals surface area contributed by atoms with Crippen LogP contribution in [0.25, 0.3) is 0 Å². The molecule has 0 spiro atoms. The molecule has 0 fully saturated rings. The van der Waals surface area contributed by atoms with Gasteiger partial charge in [-0.1, -0.05) is 6.07 Å². The lowest BCUT2D eigenvalue weighted by molar-refractivity contribution is 0.0700. The first kappa shape index (κ1) is 13.0. The number of aliphatic hydroxyl groups is 1. The van der Waals surface area contributed by atoms with Gasteiger partial charge in [-0.3, -0.25) is 4.68 Å². The molecule has 0 radical (unpaired) electrons. The van der Waals surface area contributed by atoms with Gasteiger partial charge in [0.2, 0.25) is 0 Å². The minimum absolute atomic E-state index is 0.619. The van der Waals surface area contributed by atoms with Crippen LogP contribution >= 0.6 is 0 Å². The number of nitrogens with zero attached hydrogens (tertiary/aromatic N) is 2. The number of nitrogen functional groups attached to an aromatic ring is 1. The highest BCUT2D eigenvalue weighted by atomic mass is 16.5. The molecule has 106 valence electrons. The van der Waals surface area contributed by atoms with Crippen molar-refractivity contribution in [3.05, 3.63) is 41.2 Å². The molecule has 3 rings (SSSR count). The molecule has 20 heavy (non-hydrogen) atoms. The Kier molecular flexibility index (Phi) is 2.94. The molecule has 1 aromatic heterocycles. The Balaban J connectivity index is 2.19. The van der Waals surface area contributed by atoms with Crippen LogP contribution in [-0.2, 0) is 18.6 Å². The van der Waals surface area contributed by atoms with E-state index in [1.54, 1.807) is 18.0 Å². The summed E-state index contributed by atoms with van der Waals surface area (Å²) in [6, 6.07) is 5.67. The first-order chi connectivity index (χ1) is 9.60. The van der Waals surface area contributed by atoms with Gasteiger partial charge >= 0.3 is 0 Å². The number of nitrogens with two attached hydrogens (primary N) is 1. The zero-order valence-corrected chi connectivity index (χ0v) is 11.8. The molecule has 1 unspecified atom stereocenters. The molecule has 0 saturated heterocycles. The highest BCUT2D eigenvalue weighted by molar-refractivity contribution is 5.53. The van der Waals surface area contributed by atoms with Gasteiger partial charge in [-0.05, 0) is 43.0 Å². The number of aromatic nitrogens is 2. The molecule has 1 atom stereocenters. The number of benzene rings is 1. The van der Waals surface area contributed by atoms with Crippen LogP contribution in [0.3, 0.4) is 0 Å². The summed E-state index contributed by atoms with van der Waals surface area (Å²) in [5.74, 6) is 0.624. The maximum atomic E-state index is 11.2. The van der Waals surface area contributed by atoms with Crippen molar-refractivity contribution >= 4 is 5.69 Å². The third kappa shape index (κ3) is 1.70. The van der Waals surface area contributed by atoms with Gasteiger partial charge < -0.3 is 15.6 Å². The second-order valence-corrected chi connectivity index (χ2v) is 5.15. The molecule has 0 amide bonds. The predicted octanol–water partition coefficient (Wildman–Crippen LogP) is 1.68. The average molecular weight is 273 g/mol. The molecule has 5 heteroatoms. The van der Waals surface area contributed by atoms with Crippen LogP contribution in [0.2, 0.25) is 0 Å². The number of aryl methyl sites for hydroxylation is 2. The molecule has 3 N–H and O–H groups in total. The van der Waals surface area contributed by atoms with Crippen molar-refractivity contribution in [3.8, 4) is 5.75 Å². The van der Waals surface area contributed by atoms with Crippen molar-refractivity contribution in [2.45, 2.75) is 31.9 Å². The van der Waals surface area contributed by atoms with E-state index in [1.807, 2.05) is 25.1 Å². The summed E-state index contributed by atoms with van der Waals surface area (Å²) < 4.78 is 7.17. The number of ether oxygens (including phenoxy) is 1. The fourth-order valence-electron chi connectivity index (χ4n) is 3.09. The summed E-state index contributed by atoms with van der Waals surface area (Å²) >= 11 is 0. The van der Waals surface area contributed by atoms with Crippen molar-refractivity contribution in [1.82, 2.24) is 9.78 Å². The molecular formula is C15H19N3O2. The third-order valence-electron chi connectivity index (χ3n) is 4.05. The van der Waals surface area contributed by atoms with E-state index in [2.05, 4.69) is 5.10 Å². The smallest absolute Gasteiger partial charge is 0.163 e. The van der Waals surface area contributed by atoms with Gasteiger partial charge in [0.1, 0.15) is 11.3 Å². The minimum atomic E-state index is -1.05. The monoisotopic (exact) mass is 273 g/mol. The van der Waals surface area contributed by atoms with Gasteiger partial charge in [-0.2, -0.15) is 5.10 Å². The fourth-order valence-corrected chi connectivity index (χ4v) is 3.09. The Morgan fingerprint density at radius 3 is 3.00 bits per heavy atom. The number of rotatable bonds is 3. The van der Waals surface area contributed by atoms with Crippen LogP contribution < -0.4 is 10.5 Å². The zero-order chi connectivity index (χ0) is 14.3. The Morgan fingerprint density at radius 2 is 2.30 bits per heavy atom. The summed E-state index contributed by atoms with van der Waals surface area (Å²) in [6.07, 6.45) is 3.08. The van der Waals surface area contributed by atoms with E-state index in [0.717, 1.165) is 28.9 Å². The normalized spacial score (nSPS) is 20.9. The van der Waals surface area contributed by atoms with Crippen LogP contribution in [0.4, 0.5) is 5.69 Å². The molecule has 0 aliphatic heterocycles. The van der Waals surface area contributed by atoms with Crippen molar-refractivity contribution in [3.63, 3.8) is 0 Å². The van der Waals surface area contributed by atoms with Gasteiger partial charge in [0.05, 0.1) is 13.3 Å². The molecular weight excluding hydrogens is 254 g/mol. The van der Waals surface area contributed by atoms with Crippen LogP contribution in [-0.4, -0.2) is 22.0 Å². The van der Waals surface area contributed by atoms with Gasteiger partial charge in [0, 0.05) is 12.2 Å². The Hall–Kier alpha value is -2.01. The summed E-state index contributed by atoms with van der Waals surface area (Å²) in [4.78, 5) is 0. The first-order valence-corrected chi connectivity index (χ1v) is 6.81. The van der Waals surface area contributed by atoms with Gasteiger partial charge in [0.15, 0.2) is 5.75 Å². The van der Waals surface area contributed by atoms with E-state index in [0.29, 0.717) is 18.7 Å². The van der Waals surface area contributed by atoms with E-state index >= 15 is 0 Å². The summed E-state index contributed by atoms with van der Waals surface area (Å²) in [5, 5.41) is 15.5.